The number of ketones is 1. The molecule has 0 aromatic rings. The van der Waals surface area contributed by atoms with Crippen LogP contribution in [0.15, 0.2) is 0 Å². The maximum atomic E-state index is 12.2. The standard InChI is InChI=1S/C16H30NO6PS2/c1-4-13(2)15(18)8-11-26-25-10-5-6-16(19)17-9-7-14(12-17)23-24(20,21)22-3/h13-14H,4-12H2,1-3H3,(H,20,21)/t13?,14-/m1/s1. The first-order valence-electron chi connectivity index (χ1n) is 8.90. The number of Topliss-reactive ketones (excluding diaryl/α,β-unsaturated/α-hetero) is 1. The number of phosphoric ester groups is 1. The molecule has 1 N–H and O–H groups in total. The van der Waals surface area contributed by atoms with E-state index in [9.17, 15) is 19.0 Å². The van der Waals surface area contributed by atoms with Crippen molar-refractivity contribution in [1.82, 2.24) is 4.90 Å². The highest BCUT2D eigenvalue weighted by molar-refractivity contribution is 8.76. The molecule has 1 fully saturated rings. The zero-order chi connectivity index (χ0) is 19.6. The first kappa shape index (κ1) is 24.0. The minimum atomic E-state index is -4.00. The van der Waals surface area contributed by atoms with Gasteiger partial charge in [0, 0.05) is 50.5 Å². The molecule has 1 rings (SSSR count). The summed E-state index contributed by atoms with van der Waals surface area (Å²) in [5.74, 6) is 2.18. The first-order chi connectivity index (χ1) is 12.3. The van der Waals surface area contributed by atoms with Crippen LogP contribution in [0.5, 0.6) is 0 Å². The van der Waals surface area contributed by atoms with E-state index in [1.54, 1.807) is 26.5 Å². The number of hydrogen-bond donors (Lipinski definition) is 1. The Morgan fingerprint density at radius 3 is 2.65 bits per heavy atom. The third-order valence-electron chi connectivity index (χ3n) is 4.31. The van der Waals surface area contributed by atoms with Gasteiger partial charge in [-0.3, -0.25) is 18.6 Å². The largest absolute Gasteiger partial charge is 0.472 e. The number of rotatable bonds is 13. The summed E-state index contributed by atoms with van der Waals surface area (Å²) in [5, 5.41) is 0. The topological polar surface area (TPSA) is 93.1 Å². The minimum Gasteiger partial charge on any atom is -0.340 e. The van der Waals surface area contributed by atoms with E-state index in [0.29, 0.717) is 38.1 Å². The van der Waals surface area contributed by atoms with Crippen molar-refractivity contribution in [2.24, 2.45) is 5.92 Å². The van der Waals surface area contributed by atoms with Crippen LogP contribution in [-0.4, -0.2) is 59.3 Å². The smallest absolute Gasteiger partial charge is 0.340 e. The molecule has 1 aliphatic heterocycles. The highest BCUT2D eigenvalue weighted by Gasteiger charge is 2.32. The van der Waals surface area contributed by atoms with Gasteiger partial charge < -0.3 is 9.79 Å². The molecule has 1 heterocycles. The van der Waals surface area contributed by atoms with Gasteiger partial charge in [0.1, 0.15) is 5.78 Å². The summed E-state index contributed by atoms with van der Waals surface area (Å²) in [5.41, 5.74) is 0. The summed E-state index contributed by atoms with van der Waals surface area (Å²) < 4.78 is 20.8. The molecule has 0 saturated carbocycles. The summed E-state index contributed by atoms with van der Waals surface area (Å²) in [6.45, 7) is 4.85. The lowest BCUT2D eigenvalue weighted by molar-refractivity contribution is -0.130. The SMILES string of the molecule is CCC(C)C(=O)CCSSCCCC(=O)N1CC[C@@H](OP(=O)(O)OC)C1. The van der Waals surface area contributed by atoms with Crippen molar-refractivity contribution in [3.05, 3.63) is 0 Å². The van der Waals surface area contributed by atoms with Gasteiger partial charge in [0.2, 0.25) is 5.91 Å². The highest BCUT2D eigenvalue weighted by atomic mass is 33.1. The Labute approximate surface area is 164 Å². The normalized spacial score (nSPS) is 20.8. The second-order valence-electron chi connectivity index (χ2n) is 6.28. The number of amides is 1. The van der Waals surface area contributed by atoms with E-state index < -0.39 is 13.9 Å². The number of phosphoric acid groups is 1. The second kappa shape index (κ2) is 12.4. The molecule has 3 atom stereocenters. The van der Waals surface area contributed by atoms with Crippen molar-refractivity contribution in [3.8, 4) is 0 Å². The van der Waals surface area contributed by atoms with Crippen molar-refractivity contribution in [3.63, 3.8) is 0 Å². The zero-order valence-electron chi connectivity index (χ0n) is 15.7. The molecule has 7 nitrogen and oxygen atoms in total. The predicted octanol–water partition coefficient (Wildman–Crippen LogP) is 3.52. The van der Waals surface area contributed by atoms with Crippen LogP contribution in [0.3, 0.4) is 0 Å². The Kier molecular flexibility index (Phi) is 11.5. The molecule has 0 aliphatic carbocycles. The summed E-state index contributed by atoms with van der Waals surface area (Å²) in [4.78, 5) is 34.8. The molecular formula is C16H30NO6PS2. The van der Waals surface area contributed by atoms with Gasteiger partial charge in [-0.05, 0) is 19.3 Å². The number of carbonyl (C=O) groups is 2. The van der Waals surface area contributed by atoms with Crippen LogP contribution in [0.4, 0.5) is 0 Å². The van der Waals surface area contributed by atoms with Crippen LogP contribution in [-0.2, 0) is 23.2 Å². The Hall–Kier alpha value is -0.0500. The molecule has 0 aromatic carbocycles. The molecule has 152 valence electrons. The Bertz CT molecular complexity index is 507. The molecule has 0 aromatic heterocycles. The van der Waals surface area contributed by atoms with Gasteiger partial charge in [-0.2, -0.15) is 0 Å². The van der Waals surface area contributed by atoms with Gasteiger partial charge in [0.05, 0.1) is 6.10 Å². The van der Waals surface area contributed by atoms with Gasteiger partial charge in [-0.1, -0.05) is 35.4 Å². The summed E-state index contributed by atoms with van der Waals surface area (Å²) in [7, 11) is 0.493. The fourth-order valence-corrected chi connectivity index (χ4v) is 5.17. The summed E-state index contributed by atoms with van der Waals surface area (Å²) in [6, 6.07) is 0. The monoisotopic (exact) mass is 427 g/mol. The van der Waals surface area contributed by atoms with Gasteiger partial charge in [-0.15, -0.1) is 0 Å². The molecule has 1 aliphatic rings. The van der Waals surface area contributed by atoms with Crippen molar-refractivity contribution in [2.45, 2.75) is 52.1 Å². The van der Waals surface area contributed by atoms with Gasteiger partial charge >= 0.3 is 7.82 Å². The first-order valence-corrected chi connectivity index (χ1v) is 12.9. The molecule has 0 radical (unpaired) electrons. The van der Waals surface area contributed by atoms with Crippen molar-refractivity contribution < 1.29 is 28.1 Å². The number of likely N-dealkylation sites (tertiary alicyclic amines) is 1. The third kappa shape index (κ3) is 9.24. The zero-order valence-corrected chi connectivity index (χ0v) is 18.2. The van der Waals surface area contributed by atoms with E-state index in [4.69, 9.17) is 4.52 Å². The van der Waals surface area contributed by atoms with Crippen molar-refractivity contribution >= 4 is 41.1 Å². The van der Waals surface area contributed by atoms with E-state index in [-0.39, 0.29) is 11.8 Å². The summed E-state index contributed by atoms with van der Waals surface area (Å²) in [6.07, 6.45) is 2.80. The lowest BCUT2D eigenvalue weighted by Crippen LogP contribution is -2.29. The maximum Gasteiger partial charge on any atom is 0.472 e. The quantitative estimate of drug-likeness (QED) is 0.271. The lowest BCUT2D eigenvalue weighted by atomic mass is 10.0. The summed E-state index contributed by atoms with van der Waals surface area (Å²) >= 11 is 0. The maximum absolute atomic E-state index is 12.2. The van der Waals surface area contributed by atoms with Gasteiger partial charge in [0.25, 0.3) is 0 Å². The van der Waals surface area contributed by atoms with E-state index >= 15 is 0 Å². The van der Waals surface area contributed by atoms with Crippen molar-refractivity contribution in [1.29, 1.82) is 0 Å². The molecular weight excluding hydrogens is 397 g/mol. The average molecular weight is 428 g/mol. The van der Waals surface area contributed by atoms with Crippen LogP contribution in [0.1, 0.15) is 46.0 Å². The van der Waals surface area contributed by atoms with Crippen molar-refractivity contribution in [2.75, 3.05) is 31.7 Å². The Balaban J connectivity index is 2.09. The average Bonchev–Trinajstić information content (AvgIpc) is 3.07. The predicted molar refractivity (Wildman–Crippen MR) is 106 cm³/mol. The van der Waals surface area contributed by atoms with Gasteiger partial charge in [-0.25, -0.2) is 4.57 Å². The van der Waals surface area contributed by atoms with E-state index in [1.807, 2.05) is 13.8 Å². The number of carbonyl (C=O) groups excluding carboxylic acids is 2. The molecule has 0 bridgehead atoms. The van der Waals surface area contributed by atoms with Crippen LogP contribution < -0.4 is 0 Å². The lowest BCUT2D eigenvalue weighted by Gasteiger charge is -2.17. The minimum absolute atomic E-state index is 0.0406. The highest BCUT2D eigenvalue weighted by Crippen LogP contribution is 2.44. The molecule has 26 heavy (non-hydrogen) atoms. The molecule has 2 unspecified atom stereocenters. The van der Waals surface area contributed by atoms with Crippen LogP contribution >= 0.6 is 29.4 Å². The fraction of sp³-hybridized carbons (Fsp3) is 0.875. The van der Waals surface area contributed by atoms with E-state index in [0.717, 1.165) is 31.5 Å². The number of nitrogens with zero attached hydrogens (tertiary/aromatic N) is 1. The van der Waals surface area contributed by atoms with Crippen LogP contribution in [0.2, 0.25) is 0 Å². The molecule has 1 amide bonds. The van der Waals surface area contributed by atoms with Crippen LogP contribution in [0, 0.1) is 5.92 Å². The third-order valence-corrected chi connectivity index (χ3v) is 7.82. The molecule has 0 spiro atoms. The fourth-order valence-electron chi connectivity index (χ4n) is 2.45. The van der Waals surface area contributed by atoms with Crippen LogP contribution in [0.25, 0.3) is 0 Å². The Morgan fingerprint density at radius 2 is 2.00 bits per heavy atom. The second-order valence-corrected chi connectivity index (χ2v) is 10.5. The molecule has 1 saturated heterocycles. The van der Waals surface area contributed by atoms with Gasteiger partial charge in [0.15, 0.2) is 0 Å². The molecule has 10 heteroatoms. The van der Waals surface area contributed by atoms with E-state index in [1.165, 1.54) is 0 Å². The number of hydrogen-bond acceptors (Lipinski definition) is 7. The van der Waals surface area contributed by atoms with E-state index in [2.05, 4.69) is 4.52 Å². The Morgan fingerprint density at radius 1 is 1.31 bits per heavy atom.